The Morgan fingerprint density at radius 2 is 2.00 bits per heavy atom. The average Bonchev–Trinajstić information content (AvgIpc) is 2.57. The average molecular weight is 388 g/mol. The minimum Gasteiger partial charge on any atom is -0.389 e. The predicted molar refractivity (Wildman–Crippen MR) is 94.6 cm³/mol. The Morgan fingerprint density at radius 3 is 2.67 bits per heavy atom. The third-order valence-electron chi connectivity index (χ3n) is 3.16. The summed E-state index contributed by atoms with van der Waals surface area (Å²) in [6.07, 6.45) is 1.95. The van der Waals surface area contributed by atoms with Gasteiger partial charge in [0.15, 0.2) is 0 Å². The second kappa shape index (κ2) is 8.85. The van der Waals surface area contributed by atoms with Gasteiger partial charge in [-0.05, 0) is 48.4 Å². The van der Waals surface area contributed by atoms with Crippen LogP contribution in [-0.4, -0.2) is 12.5 Å². The van der Waals surface area contributed by atoms with E-state index in [9.17, 15) is 9.18 Å². The lowest BCUT2D eigenvalue weighted by Crippen LogP contribution is -2.18. The highest BCUT2D eigenvalue weighted by Crippen LogP contribution is 2.14. The van der Waals surface area contributed by atoms with Crippen molar-refractivity contribution in [2.45, 2.75) is 6.42 Å². The van der Waals surface area contributed by atoms with Gasteiger partial charge in [-0.15, -0.1) is 0 Å². The van der Waals surface area contributed by atoms with Crippen LogP contribution in [0, 0.1) is 17.1 Å². The number of nitrogens with one attached hydrogen (secondary N) is 2. The van der Waals surface area contributed by atoms with Gasteiger partial charge in [0, 0.05) is 22.9 Å². The number of nitriles is 1. The molecule has 0 aliphatic rings. The summed E-state index contributed by atoms with van der Waals surface area (Å²) < 4.78 is 14.0. The molecule has 2 rings (SSSR count). The van der Waals surface area contributed by atoms with Crippen LogP contribution >= 0.6 is 15.9 Å². The summed E-state index contributed by atoms with van der Waals surface area (Å²) >= 11 is 3.31. The molecule has 6 heteroatoms. The molecular weight excluding hydrogens is 373 g/mol. The van der Waals surface area contributed by atoms with Crippen LogP contribution < -0.4 is 10.6 Å². The zero-order chi connectivity index (χ0) is 17.4. The molecule has 0 unspecified atom stereocenters. The molecule has 0 atom stereocenters. The molecule has 24 heavy (non-hydrogen) atoms. The van der Waals surface area contributed by atoms with Gasteiger partial charge in [-0.3, -0.25) is 4.79 Å². The van der Waals surface area contributed by atoms with Crippen molar-refractivity contribution < 1.29 is 9.18 Å². The van der Waals surface area contributed by atoms with Crippen molar-refractivity contribution in [1.82, 2.24) is 5.32 Å². The van der Waals surface area contributed by atoms with Crippen molar-refractivity contribution in [3.63, 3.8) is 0 Å². The number of halogens is 2. The second-order valence-electron chi connectivity index (χ2n) is 4.96. The maximum Gasteiger partial charge on any atom is 0.267 e. The Morgan fingerprint density at radius 1 is 1.25 bits per heavy atom. The molecule has 0 aliphatic heterocycles. The minimum atomic E-state index is -0.488. The number of nitrogens with zero attached hydrogens (tertiary/aromatic N) is 1. The van der Waals surface area contributed by atoms with Gasteiger partial charge in [0.2, 0.25) is 0 Å². The molecule has 0 spiro atoms. The maximum absolute atomic E-state index is 13.1. The summed E-state index contributed by atoms with van der Waals surface area (Å²) in [5, 5.41) is 14.6. The van der Waals surface area contributed by atoms with Gasteiger partial charge in [-0.1, -0.05) is 28.1 Å². The number of rotatable bonds is 6. The summed E-state index contributed by atoms with van der Waals surface area (Å²) in [6, 6.07) is 15.2. The van der Waals surface area contributed by atoms with E-state index in [0.29, 0.717) is 18.7 Å². The van der Waals surface area contributed by atoms with Gasteiger partial charge in [0.25, 0.3) is 5.91 Å². The molecule has 1 amide bonds. The zero-order valence-electron chi connectivity index (χ0n) is 12.7. The highest BCUT2D eigenvalue weighted by Gasteiger charge is 2.08. The predicted octanol–water partition coefficient (Wildman–Crippen LogP) is 3.77. The van der Waals surface area contributed by atoms with Gasteiger partial charge in [-0.25, -0.2) is 4.39 Å². The quantitative estimate of drug-likeness (QED) is 0.450. The Kier molecular flexibility index (Phi) is 6.52. The maximum atomic E-state index is 13.1. The fourth-order valence-corrected chi connectivity index (χ4v) is 2.23. The minimum absolute atomic E-state index is 0.0304. The molecule has 0 heterocycles. The molecule has 2 aromatic rings. The van der Waals surface area contributed by atoms with E-state index in [1.54, 1.807) is 30.3 Å². The topological polar surface area (TPSA) is 64.9 Å². The van der Waals surface area contributed by atoms with Crippen molar-refractivity contribution in [2.24, 2.45) is 0 Å². The smallest absolute Gasteiger partial charge is 0.267 e. The summed E-state index contributed by atoms with van der Waals surface area (Å²) in [7, 11) is 0. The molecule has 0 aliphatic carbocycles. The first-order valence-corrected chi connectivity index (χ1v) is 8.03. The number of hydrogen-bond acceptors (Lipinski definition) is 3. The van der Waals surface area contributed by atoms with Crippen molar-refractivity contribution in [3.05, 3.63) is 76.2 Å². The van der Waals surface area contributed by atoms with Crippen molar-refractivity contribution in [2.75, 3.05) is 11.9 Å². The molecule has 0 saturated carbocycles. The molecule has 0 bridgehead atoms. The first kappa shape index (κ1) is 17.7. The first-order chi connectivity index (χ1) is 11.6. The van der Waals surface area contributed by atoms with Gasteiger partial charge in [0.1, 0.15) is 17.5 Å². The van der Waals surface area contributed by atoms with E-state index < -0.39 is 5.91 Å². The molecule has 4 nitrogen and oxygen atoms in total. The van der Waals surface area contributed by atoms with Crippen LogP contribution in [0.2, 0.25) is 0 Å². The SMILES string of the molecule is N#C/C(=C/NCCc1cccc(F)c1)C(=O)Nc1ccc(Br)cc1. The summed E-state index contributed by atoms with van der Waals surface area (Å²) in [4.78, 5) is 12.0. The van der Waals surface area contributed by atoms with Crippen LogP contribution in [0.15, 0.2) is 64.8 Å². The number of carbonyl (C=O) groups excluding carboxylic acids is 1. The first-order valence-electron chi connectivity index (χ1n) is 7.23. The van der Waals surface area contributed by atoms with E-state index >= 15 is 0 Å². The monoisotopic (exact) mass is 387 g/mol. The normalized spacial score (nSPS) is 10.8. The number of anilines is 1. The number of amides is 1. The molecule has 0 radical (unpaired) electrons. The second-order valence-corrected chi connectivity index (χ2v) is 5.88. The van der Waals surface area contributed by atoms with Gasteiger partial charge < -0.3 is 10.6 Å². The van der Waals surface area contributed by atoms with Crippen molar-refractivity contribution >= 4 is 27.5 Å². The summed E-state index contributed by atoms with van der Waals surface area (Å²) in [5.74, 6) is -0.771. The highest BCUT2D eigenvalue weighted by atomic mass is 79.9. The van der Waals surface area contributed by atoms with Gasteiger partial charge in [-0.2, -0.15) is 5.26 Å². The fourth-order valence-electron chi connectivity index (χ4n) is 1.96. The molecule has 0 saturated heterocycles. The molecule has 2 aromatic carbocycles. The van der Waals surface area contributed by atoms with Crippen molar-refractivity contribution in [3.8, 4) is 6.07 Å². The van der Waals surface area contributed by atoms with Crippen LogP contribution in [0.4, 0.5) is 10.1 Å². The summed E-state index contributed by atoms with van der Waals surface area (Å²) in [5.41, 5.74) is 1.41. The van der Waals surface area contributed by atoms with E-state index in [-0.39, 0.29) is 11.4 Å². The molecule has 2 N–H and O–H groups in total. The Hall–Kier alpha value is -2.65. The largest absolute Gasteiger partial charge is 0.389 e. The lowest BCUT2D eigenvalue weighted by atomic mass is 10.1. The third-order valence-corrected chi connectivity index (χ3v) is 3.69. The van der Waals surface area contributed by atoms with Crippen LogP contribution in [0.25, 0.3) is 0 Å². The van der Waals surface area contributed by atoms with Crippen LogP contribution in [0.1, 0.15) is 5.56 Å². The lowest BCUT2D eigenvalue weighted by Gasteiger charge is -2.05. The number of carbonyl (C=O) groups is 1. The Labute approximate surface area is 148 Å². The third kappa shape index (κ3) is 5.52. The molecule has 0 aromatic heterocycles. The van der Waals surface area contributed by atoms with E-state index in [1.807, 2.05) is 12.1 Å². The van der Waals surface area contributed by atoms with Gasteiger partial charge >= 0.3 is 0 Å². The Balaban J connectivity index is 1.87. The van der Waals surface area contributed by atoms with E-state index in [2.05, 4.69) is 26.6 Å². The molecule has 122 valence electrons. The highest BCUT2D eigenvalue weighted by molar-refractivity contribution is 9.10. The fraction of sp³-hybridized carbons (Fsp3) is 0.111. The Bertz CT molecular complexity index is 782. The number of benzene rings is 2. The van der Waals surface area contributed by atoms with Crippen LogP contribution in [0.5, 0.6) is 0 Å². The summed E-state index contributed by atoms with van der Waals surface area (Å²) in [6.45, 7) is 0.486. The van der Waals surface area contributed by atoms with Gasteiger partial charge in [0.05, 0.1) is 0 Å². The van der Waals surface area contributed by atoms with Crippen LogP contribution in [-0.2, 0) is 11.2 Å². The van der Waals surface area contributed by atoms with Crippen LogP contribution in [0.3, 0.4) is 0 Å². The molecular formula is C18H15BrFN3O. The van der Waals surface area contributed by atoms with E-state index in [1.165, 1.54) is 18.3 Å². The number of hydrogen-bond donors (Lipinski definition) is 2. The van der Waals surface area contributed by atoms with E-state index in [0.717, 1.165) is 10.0 Å². The zero-order valence-corrected chi connectivity index (χ0v) is 14.3. The standard InChI is InChI=1S/C18H15BrFN3O/c19-15-4-6-17(7-5-15)23-18(24)14(11-21)12-22-9-8-13-2-1-3-16(20)10-13/h1-7,10,12,22H,8-9H2,(H,23,24)/b14-12-. The molecule has 0 fully saturated rings. The lowest BCUT2D eigenvalue weighted by molar-refractivity contribution is -0.112. The van der Waals surface area contributed by atoms with Crippen molar-refractivity contribution in [1.29, 1.82) is 5.26 Å². The van der Waals surface area contributed by atoms with E-state index in [4.69, 9.17) is 5.26 Å².